The molecule has 0 saturated heterocycles. The third-order valence-corrected chi connectivity index (χ3v) is 4.68. The van der Waals surface area contributed by atoms with Gasteiger partial charge in [-0.05, 0) is 24.1 Å². The molecular weight excluding hydrogens is 284 g/mol. The van der Waals surface area contributed by atoms with E-state index < -0.39 is 0 Å². The van der Waals surface area contributed by atoms with E-state index in [0.29, 0.717) is 13.0 Å². The summed E-state index contributed by atoms with van der Waals surface area (Å²) < 4.78 is 0. The van der Waals surface area contributed by atoms with Crippen LogP contribution in [0.25, 0.3) is 10.9 Å². The molecule has 0 aliphatic carbocycles. The van der Waals surface area contributed by atoms with E-state index in [0.717, 1.165) is 18.5 Å². The van der Waals surface area contributed by atoms with Crippen molar-refractivity contribution in [1.82, 2.24) is 9.88 Å². The topological polar surface area (TPSA) is 36.1 Å². The number of rotatable bonds is 2. The van der Waals surface area contributed by atoms with Gasteiger partial charge in [0.2, 0.25) is 5.91 Å². The predicted octanol–water partition coefficient (Wildman–Crippen LogP) is 3.60. The van der Waals surface area contributed by atoms with Gasteiger partial charge >= 0.3 is 0 Å². The Kier molecular flexibility index (Phi) is 3.41. The Balaban J connectivity index is 1.58. The number of aryl methyl sites for hydroxylation is 1. The van der Waals surface area contributed by atoms with Gasteiger partial charge in [-0.1, -0.05) is 42.5 Å². The van der Waals surface area contributed by atoms with Crippen LogP contribution in [-0.2, 0) is 24.2 Å². The fraction of sp³-hybridized carbons (Fsp3) is 0.250. The molecule has 0 bridgehead atoms. The van der Waals surface area contributed by atoms with Crippen LogP contribution in [-0.4, -0.2) is 22.3 Å². The predicted molar refractivity (Wildman–Crippen MR) is 92.3 cm³/mol. The average Bonchev–Trinajstić information content (AvgIpc) is 2.92. The molecule has 116 valence electrons. The minimum atomic E-state index is 0.211. The summed E-state index contributed by atoms with van der Waals surface area (Å²) in [5, 5.41) is 1.25. The summed E-state index contributed by atoms with van der Waals surface area (Å²) in [6, 6.07) is 16.5. The van der Waals surface area contributed by atoms with Gasteiger partial charge in [0.05, 0.1) is 6.42 Å². The third kappa shape index (κ3) is 2.63. The summed E-state index contributed by atoms with van der Waals surface area (Å²) >= 11 is 0. The highest BCUT2D eigenvalue weighted by Gasteiger charge is 2.23. The molecule has 1 aliphatic rings. The Morgan fingerprint density at radius 3 is 2.83 bits per heavy atom. The highest BCUT2D eigenvalue weighted by atomic mass is 16.2. The van der Waals surface area contributed by atoms with Gasteiger partial charge < -0.3 is 9.88 Å². The first-order valence-electron chi connectivity index (χ1n) is 8.12. The molecule has 0 radical (unpaired) electrons. The lowest BCUT2D eigenvalue weighted by Gasteiger charge is -2.27. The van der Waals surface area contributed by atoms with Crippen molar-refractivity contribution in [2.75, 3.05) is 6.54 Å². The number of nitrogens with one attached hydrogen (secondary N) is 1. The van der Waals surface area contributed by atoms with Crippen LogP contribution in [0.1, 0.15) is 22.4 Å². The molecule has 2 aromatic carbocycles. The van der Waals surface area contributed by atoms with Gasteiger partial charge in [-0.3, -0.25) is 4.79 Å². The normalized spacial score (nSPS) is 14.0. The number of nitrogens with zero attached hydrogens (tertiary/aromatic N) is 1. The number of hydrogen-bond acceptors (Lipinski definition) is 1. The molecule has 0 fully saturated rings. The van der Waals surface area contributed by atoms with E-state index in [1.54, 1.807) is 0 Å². The maximum absolute atomic E-state index is 12.6. The van der Waals surface area contributed by atoms with Gasteiger partial charge in [0.1, 0.15) is 0 Å². The minimum Gasteiger partial charge on any atom is -0.358 e. The quantitative estimate of drug-likeness (QED) is 0.771. The van der Waals surface area contributed by atoms with Crippen LogP contribution in [0.3, 0.4) is 0 Å². The van der Waals surface area contributed by atoms with Gasteiger partial charge in [0.25, 0.3) is 0 Å². The van der Waals surface area contributed by atoms with Gasteiger partial charge in [0.15, 0.2) is 0 Å². The standard InChI is InChI=1S/C20H20N2O/c1-14-7-8-16-17-13-22(10-9-18(17)21-19(16)11-14)20(23)12-15-5-3-2-4-6-15/h2-8,11,21H,9-10,12-13H2,1H3. The summed E-state index contributed by atoms with van der Waals surface area (Å²) in [5.74, 6) is 0.211. The number of aromatic amines is 1. The van der Waals surface area contributed by atoms with Crippen molar-refractivity contribution in [3.05, 3.63) is 70.9 Å². The molecule has 1 N–H and O–H groups in total. The average molecular weight is 304 g/mol. The van der Waals surface area contributed by atoms with Crippen molar-refractivity contribution < 1.29 is 4.79 Å². The molecule has 23 heavy (non-hydrogen) atoms. The van der Waals surface area contributed by atoms with Crippen LogP contribution in [0.4, 0.5) is 0 Å². The van der Waals surface area contributed by atoms with Gasteiger partial charge in [-0.15, -0.1) is 0 Å². The van der Waals surface area contributed by atoms with Crippen molar-refractivity contribution in [2.24, 2.45) is 0 Å². The monoisotopic (exact) mass is 304 g/mol. The number of benzene rings is 2. The fourth-order valence-electron chi connectivity index (χ4n) is 3.43. The summed E-state index contributed by atoms with van der Waals surface area (Å²) in [7, 11) is 0. The zero-order chi connectivity index (χ0) is 15.8. The second-order valence-corrected chi connectivity index (χ2v) is 6.36. The van der Waals surface area contributed by atoms with Crippen molar-refractivity contribution in [3.8, 4) is 0 Å². The highest BCUT2D eigenvalue weighted by molar-refractivity contribution is 5.87. The minimum absolute atomic E-state index is 0.211. The molecular formula is C20H20N2O. The SMILES string of the molecule is Cc1ccc2c3c([nH]c2c1)CCN(C(=O)Cc1ccccc1)C3. The molecule has 0 spiro atoms. The second kappa shape index (κ2) is 5.58. The molecule has 1 aromatic heterocycles. The first kappa shape index (κ1) is 14.1. The van der Waals surface area contributed by atoms with Crippen LogP contribution >= 0.6 is 0 Å². The smallest absolute Gasteiger partial charge is 0.227 e. The summed E-state index contributed by atoms with van der Waals surface area (Å²) in [4.78, 5) is 18.1. The molecule has 3 heteroatoms. The van der Waals surface area contributed by atoms with E-state index in [4.69, 9.17) is 0 Å². The van der Waals surface area contributed by atoms with E-state index in [2.05, 4.69) is 30.1 Å². The molecule has 1 amide bonds. The first-order valence-corrected chi connectivity index (χ1v) is 8.12. The zero-order valence-electron chi connectivity index (χ0n) is 13.3. The Morgan fingerprint density at radius 1 is 1.17 bits per heavy atom. The summed E-state index contributed by atoms with van der Waals surface area (Å²) in [6.45, 7) is 3.61. The number of aromatic nitrogens is 1. The Labute approximate surface area is 135 Å². The lowest BCUT2D eigenvalue weighted by atomic mass is 10.0. The number of H-pyrrole nitrogens is 1. The van der Waals surface area contributed by atoms with Crippen LogP contribution in [0.2, 0.25) is 0 Å². The van der Waals surface area contributed by atoms with Gasteiger partial charge in [-0.2, -0.15) is 0 Å². The van der Waals surface area contributed by atoms with Crippen molar-refractivity contribution >= 4 is 16.8 Å². The Morgan fingerprint density at radius 2 is 2.00 bits per heavy atom. The maximum atomic E-state index is 12.6. The Bertz CT molecular complexity index is 864. The zero-order valence-corrected chi connectivity index (χ0v) is 13.3. The highest BCUT2D eigenvalue weighted by Crippen LogP contribution is 2.28. The molecule has 0 unspecified atom stereocenters. The molecule has 3 nitrogen and oxygen atoms in total. The van der Waals surface area contributed by atoms with Crippen LogP contribution in [0.5, 0.6) is 0 Å². The van der Waals surface area contributed by atoms with Crippen molar-refractivity contribution in [3.63, 3.8) is 0 Å². The molecule has 3 aromatic rings. The second-order valence-electron chi connectivity index (χ2n) is 6.36. The number of amides is 1. The third-order valence-electron chi connectivity index (χ3n) is 4.68. The number of fused-ring (bicyclic) bond motifs is 3. The van der Waals surface area contributed by atoms with Gasteiger partial charge in [-0.25, -0.2) is 0 Å². The van der Waals surface area contributed by atoms with Crippen molar-refractivity contribution in [1.29, 1.82) is 0 Å². The number of carbonyl (C=O) groups excluding carboxylic acids is 1. The number of hydrogen-bond donors (Lipinski definition) is 1. The van der Waals surface area contributed by atoms with Crippen LogP contribution < -0.4 is 0 Å². The lowest BCUT2D eigenvalue weighted by Crippen LogP contribution is -2.36. The van der Waals surface area contributed by atoms with Gasteiger partial charge in [0, 0.05) is 41.7 Å². The fourth-order valence-corrected chi connectivity index (χ4v) is 3.43. The lowest BCUT2D eigenvalue weighted by molar-refractivity contribution is -0.131. The molecule has 0 saturated carbocycles. The van der Waals surface area contributed by atoms with Crippen LogP contribution in [0, 0.1) is 6.92 Å². The molecule has 1 aliphatic heterocycles. The van der Waals surface area contributed by atoms with E-state index in [9.17, 15) is 4.79 Å². The van der Waals surface area contributed by atoms with E-state index in [1.165, 1.54) is 27.7 Å². The first-order chi connectivity index (χ1) is 11.2. The maximum Gasteiger partial charge on any atom is 0.227 e. The Hall–Kier alpha value is -2.55. The van der Waals surface area contributed by atoms with E-state index >= 15 is 0 Å². The van der Waals surface area contributed by atoms with E-state index in [1.807, 2.05) is 35.2 Å². The summed E-state index contributed by atoms with van der Waals surface area (Å²) in [5.41, 5.74) is 6.10. The van der Waals surface area contributed by atoms with E-state index in [-0.39, 0.29) is 5.91 Å². The number of carbonyl (C=O) groups is 1. The molecule has 0 atom stereocenters. The molecule has 2 heterocycles. The molecule has 4 rings (SSSR count). The summed E-state index contributed by atoms with van der Waals surface area (Å²) in [6.07, 6.45) is 1.39. The van der Waals surface area contributed by atoms with Crippen molar-refractivity contribution in [2.45, 2.75) is 26.3 Å². The largest absolute Gasteiger partial charge is 0.358 e. The van der Waals surface area contributed by atoms with Crippen LogP contribution in [0.15, 0.2) is 48.5 Å².